The largest absolute Gasteiger partial charge is 0.325 e. The van der Waals surface area contributed by atoms with Crippen LogP contribution in [0.5, 0.6) is 0 Å². The van der Waals surface area contributed by atoms with Gasteiger partial charge < -0.3 is 5.32 Å². The van der Waals surface area contributed by atoms with Crippen molar-refractivity contribution in [3.8, 4) is 0 Å². The summed E-state index contributed by atoms with van der Waals surface area (Å²) in [7, 11) is 0. The molecule has 2 rings (SSSR count). The van der Waals surface area contributed by atoms with Gasteiger partial charge in [-0.2, -0.15) is 0 Å². The molecule has 1 radical (unpaired) electrons. The summed E-state index contributed by atoms with van der Waals surface area (Å²) in [5.41, 5.74) is 1.56. The molecule has 3 heteroatoms. The number of anilines is 1. The molecule has 1 aromatic carbocycles. The summed E-state index contributed by atoms with van der Waals surface area (Å²) < 4.78 is 0. The lowest BCUT2D eigenvalue weighted by Crippen LogP contribution is -2.13. The summed E-state index contributed by atoms with van der Waals surface area (Å²) in [6.45, 7) is 0. The van der Waals surface area contributed by atoms with Crippen LogP contribution in [-0.4, -0.2) is 12.2 Å². The second-order valence-corrected chi connectivity index (χ2v) is 3.80. The zero-order valence-corrected chi connectivity index (χ0v) is 8.77. The Morgan fingerprint density at radius 3 is 2.81 bits per heavy atom. The summed E-state index contributed by atoms with van der Waals surface area (Å²) in [4.78, 5) is 21.7. The third-order valence-electron chi connectivity index (χ3n) is 2.50. The quantitative estimate of drug-likeness (QED) is 0.780. The van der Waals surface area contributed by atoms with Crippen LogP contribution in [0.15, 0.2) is 30.3 Å². The van der Waals surface area contributed by atoms with Crippen LogP contribution in [-0.2, 0) is 9.59 Å². The Morgan fingerprint density at radius 1 is 1.38 bits per heavy atom. The second-order valence-electron chi connectivity index (χ2n) is 3.80. The van der Waals surface area contributed by atoms with Crippen molar-refractivity contribution in [3.05, 3.63) is 35.9 Å². The fraction of sp³-hybridized carbons (Fsp3) is 0.231. The van der Waals surface area contributed by atoms with Crippen molar-refractivity contribution < 1.29 is 9.59 Å². The van der Waals surface area contributed by atoms with E-state index < -0.39 is 0 Å². The third kappa shape index (κ3) is 2.57. The number of hydrogen-bond acceptors (Lipinski definition) is 2. The highest BCUT2D eigenvalue weighted by atomic mass is 16.2. The molecule has 3 nitrogen and oxygen atoms in total. The number of carbonyl (C=O) groups is 1. The van der Waals surface area contributed by atoms with Gasteiger partial charge >= 0.3 is 0 Å². The Morgan fingerprint density at radius 2 is 2.12 bits per heavy atom. The van der Waals surface area contributed by atoms with Gasteiger partial charge in [-0.05, 0) is 36.6 Å². The molecule has 0 spiro atoms. The summed E-state index contributed by atoms with van der Waals surface area (Å²) in [6, 6.07) is 7.38. The van der Waals surface area contributed by atoms with E-state index in [1.807, 2.05) is 24.3 Å². The van der Waals surface area contributed by atoms with Crippen molar-refractivity contribution in [3.63, 3.8) is 0 Å². The van der Waals surface area contributed by atoms with E-state index >= 15 is 0 Å². The number of allylic oxidation sites excluding steroid dienone is 1. The van der Waals surface area contributed by atoms with Crippen LogP contribution in [0.3, 0.4) is 0 Å². The van der Waals surface area contributed by atoms with E-state index in [4.69, 9.17) is 0 Å². The van der Waals surface area contributed by atoms with Crippen molar-refractivity contribution in [1.29, 1.82) is 0 Å². The topological polar surface area (TPSA) is 46.2 Å². The highest BCUT2D eigenvalue weighted by molar-refractivity contribution is 5.96. The molecule has 81 valence electrons. The Balaban J connectivity index is 2.14. The van der Waals surface area contributed by atoms with Gasteiger partial charge in [-0.1, -0.05) is 18.2 Å². The maximum atomic E-state index is 11.6. The third-order valence-corrected chi connectivity index (χ3v) is 2.50. The van der Waals surface area contributed by atoms with E-state index in [0.29, 0.717) is 0 Å². The molecule has 1 saturated carbocycles. The summed E-state index contributed by atoms with van der Waals surface area (Å²) in [6.07, 6.45) is 6.57. The maximum Gasteiger partial charge on any atom is 0.227 e. The Kier molecular flexibility index (Phi) is 3.15. The van der Waals surface area contributed by atoms with Crippen LogP contribution < -0.4 is 5.32 Å². The van der Waals surface area contributed by atoms with Crippen molar-refractivity contribution in [2.75, 3.05) is 5.32 Å². The molecule has 0 aromatic heterocycles. The van der Waals surface area contributed by atoms with Gasteiger partial charge in [0, 0.05) is 11.6 Å². The van der Waals surface area contributed by atoms with Crippen LogP contribution in [0.25, 0.3) is 6.08 Å². The molecule has 0 saturated heterocycles. The van der Waals surface area contributed by atoms with Crippen LogP contribution in [0.2, 0.25) is 0 Å². The van der Waals surface area contributed by atoms with Crippen LogP contribution in [0, 0.1) is 5.92 Å². The molecule has 0 bridgehead atoms. The normalized spacial score (nSPS) is 15.0. The zero-order chi connectivity index (χ0) is 11.4. The molecule has 1 N–H and O–H groups in total. The van der Waals surface area contributed by atoms with Gasteiger partial charge in [0.15, 0.2) is 0 Å². The van der Waals surface area contributed by atoms with E-state index in [9.17, 15) is 9.59 Å². The Hall–Kier alpha value is -1.90. The number of para-hydroxylation sites is 1. The molecule has 1 aromatic rings. The van der Waals surface area contributed by atoms with Crippen molar-refractivity contribution >= 4 is 24.0 Å². The van der Waals surface area contributed by atoms with Crippen LogP contribution in [0.4, 0.5) is 5.69 Å². The predicted octanol–water partition coefficient (Wildman–Crippen LogP) is 2.16. The standard InChI is InChI=1S/C13H12NO2/c15-9-3-5-10-4-1-2-6-12(10)14-13(16)11-7-8-11/h1-6,11H,7-8H2,(H,14,16)/b5-3+. The smallest absolute Gasteiger partial charge is 0.227 e. The molecule has 0 atom stereocenters. The van der Waals surface area contributed by atoms with Crippen LogP contribution in [0.1, 0.15) is 18.4 Å². The second kappa shape index (κ2) is 4.75. The zero-order valence-electron chi connectivity index (χ0n) is 8.77. The molecule has 1 fully saturated rings. The fourth-order valence-corrected chi connectivity index (χ4v) is 1.46. The SMILES string of the molecule is O=[C]/C=C/c1ccccc1NC(=O)C1CC1. The van der Waals surface area contributed by atoms with Crippen molar-refractivity contribution in [1.82, 2.24) is 0 Å². The van der Waals surface area contributed by atoms with E-state index in [-0.39, 0.29) is 11.8 Å². The van der Waals surface area contributed by atoms with Gasteiger partial charge in [0.1, 0.15) is 0 Å². The summed E-state index contributed by atoms with van der Waals surface area (Å²) in [5, 5.41) is 2.86. The highest BCUT2D eigenvalue weighted by Crippen LogP contribution is 2.30. The molecule has 0 unspecified atom stereocenters. The first-order valence-electron chi connectivity index (χ1n) is 5.25. The number of benzene rings is 1. The number of amides is 1. The van der Waals surface area contributed by atoms with Crippen molar-refractivity contribution in [2.24, 2.45) is 5.92 Å². The first-order valence-corrected chi connectivity index (χ1v) is 5.25. The average Bonchev–Trinajstić information content (AvgIpc) is 3.11. The Labute approximate surface area is 94.2 Å². The lowest BCUT2D eigenvalue weighted by Gasteiger charge is -2.07. The number of rotatable bonds is 4. The summed E-state index contributed by atoms with van der Waals surface area (Å²) in [5.74, 6) is 0.241. The van der Waals surface area contributed by atoms with Gasteiger partial charge in [0.2, 0.25) is 12.2 Å². The van der Waals surface area contributed by atoms with Gasteiger partial charge in [0.05, 0.1) is 0 Å². The maximum absolute atomic E-state index is 11.6. The Bertz CT molecular complexity index is 433. The van der Waals surface area contributed by atoms with Crippen LogP contribution >= 0.6 is 0 Å². The first-order chi connectivity index (χ1) is 7.81. The fourth-order valence-electron chi connectivity index (χ4n) is 1.46. The molecule has 16 heavy (non-hydrogen) atoms. The van der Waals surface area contributed by atoms with E-state index in [2.05, 4.69) is 5.32 Å². The van der Waals surface area contributed by atoms with Gasteiger partial charge in [-0.15, -0.1) is 0 Å². The minimum Gasteiger partial charge on any atom is -0.325 e. The monoisotopic (exact) mass is 214 g/mol. The minimum absolute atomic E-state index is 0.0657. The number of hydrogen-bond donors (Lipinski definition) is 1. The average molecular weight is 214 g/mol. The highest BCUT2D eigenvalue weighted by Gasteiger charge is 2.29. The van der Waals surface area contributed by atoms with E-state index in [1.54, 1.807) is 12.4 Å². The lowest BCUT2D eigenvalue weighted by molar-refractivity contribution is -0.117. The first kappa shape index (κ1) is 10.6. The van der Waals surface area contributed by atoms with Crippen molar-refractivity contribution in [2.45, 2.75) is 12.8 Å². The van der Waals surface area contributed by atoms with Gasteiger partial charge in [-0.25, -0.2) is 0 Å². The number of nitrogens with one attached hydrogen (secondary N) is 1. The van der Waals surface area contributed by atoms with Gasteiger partial charge in [-0.3, -0.25) is 9.59 Å². The molecular formula is C13H12NO2. The molecule has 1 amide bonds. The molecule has 0 aliphatic heterocycles. The predicted molar refractivity (Wildman–Crippen MR) is 62.5 cm³/mol. The number of carbonyl (C=O) groups excluding carboxylic acids is 2. The lowest BCUT2D eigenvalue weighted by atomic mass is 10.1. The van der Waals surface area contributed by atoms with Gasteiger partial charge in [0.25, 0.3) is 0 Å². The van der Waals surface area contributed by atoms with E-state index in [1.165, 1.54) is 6.08 Å². The van der Waals surface area contributed by atoms with E-state index in [0.717, 1.165) is 24.1 Å². The molecule has 1 aliphatic rings. The minimum atomic E-state index is 0.0657. The molecule has 0 heterocycles. The molecule has 1 aliphatic carbocycles. The molecular weight excluding hydrogens is 202 g/mol. The summed E-state index contributed by atoms with van der Waals surface area (Å²) >= 11 is 0.